The van der Waals surface area contributed by atoms with Gasteiger partial charge < -0.3 is 15.4 Å². The molecular weight excluding hydrogens is 441 g/mol. The maximum absolute atomic E-state index is 5.72. The van der Waals surface area contributed by atoms with Crippen LogP contribution in [-0.2, 0) is 31.2 Å². The normalized spacial score (nSPS) is 24.6. The van der Waals surface area contributed by atoms with Crippen LogP contribution in [0.2, 0.25) is 0 Å². The van der Waals surface area contributed by atoms with Crippen molar-refractivity contribution in [3.05, 3.63) is 17.0 Å². The van der Waals surface area contributed by atoms with Crippen molar-refractivity contribution in [2.45, 2.75) is 72.1 Å². The molecule has 0 aromatic carbocycles. The third kappa shape index (κ3) is 4.03. The molecule has 26 heavy (non-hydrogen) atoms. The Kier molecular flexibility index (Phi) is 7.95. The lowest BCUT2D eigenvalue weighted by molar-refractivity contribution is -0.176. The molecule has 150 valence electrons. The van der Waals surface area contributed by atoms with E-state index in [0.29, 0.717) is 6.04 Å². The van der Waals surface area contributed by atoms with Gasteiger partial charge in [0.1, 0.15) is 0 Å². The molecule has 0 bridgehead atoms. The molecule has 1 fully saturated rings. The smallest absolute Gasteiger partial charge is 0.191 e. The Bertz CT molecular complexity index is 640. The standard InChI is InChI=1S/C19H35N5O.HI/c1-9-14-13(15(10-2)24(7)23-14)12-21-17(20-6)22-16-11-19(5,25-8)18(16,3)4;/h16H,9-12H2,1-8H3,(H2,20,21,22);1H. The maximum Gasteiger partial charge on any atom is 0.191 e. The molecule has 1 saturated carbocycles. The Labute approximate surface area is 175 Å². The molecule has 1 aromatic heterocycles. The number of nitrogens with one attached hydrogen (secondary N) is 2. The molecule has 1 heterocycles. The zero-order valence-corrected chi connectivity index (χ0v) is 19.9. The van der Waals surface area contributed by atoms with Crippen LogP contribution in [0.4, 0.5) is 0 Å². The minimum atomic E-state index is -0.0857. The van der Waals surface area contributed by atoms with Gasteiger partial charge in [-0.3, -0.25) is 9.67 Å². The van der Waals surface area contributed by atoms with E-state index in [1.165, 1.54) is 17.0 Å². The van der Waals surface area contributed by atoms with Crippen LogP contribution in [0.3, 0.4) is 0 Å². The fraction of sp³-hybridized carbons (Fsp3) is 0.789. The summed E-state index contributed by atoms with van der Waals surface area (Å²) in [6, 6.07) is 0.342. The molecule has 7 heteroatoms. The summed E-state index contributed by atoms with van der Waals surface area (Å²) in [6.07, 6.45) is 2.90. The summed E-state index contributed by atoms with van der Waals surface area (Å²) in [5, 5.41) is 11.7. The fourth-order valence-corrected chi connectivity index (χ4v) is 3.85. The predicted octanol–water partition coefficient (Wildman–Crippen LogP) is 3.03. The van der Waals surface area contributed by atoms with Gasteiger partial charge in [0.15, 0.2) is 5.96 Å². The van der Waals surface area contributed by atoms with Gasteiger partial charge in [-0.25, -0.2) is 0 Å². The summed E-state index contributed by atoms with van der Waals surface area (Å²) in [4.78, 5) is 4.41. The van der Waals surface area contributed by atoms with Gasteiger partial charge in [0.2, 0.25) is 0 Å². The highest BCUT2D eigenvalue weighted by atomic mass is 127. The van der Waals surface area contributed by atoms with Crippen LogP contribution >= 0.6 is 24.0 Å². The monoisotopic (exact) mass is 477 g/mol. The van der Waals surface area contributed by atoms with E-state index in [1.807, 2.05) is 18.8 Å². The average Bonchev–Trinajstić information content (AvgIpc) is 2.91. The fourth-order valence-electron chi connectivity index (χ4n) is 3.85. The minimum Gasteiger partial charge on any atom is -0.378 e. The highest BCUT2D eigenvalue weighted by Crippen LogP contribution is 2.51. The quantitative estimate of drug-likeness (QED) is 0.376. The SMILES string of the molecule is CCc1nn(C)c(CC)c1CNC(=NC)NC1CC(C)(OC)C1(C)C.I. The number of guanidine groups is 1. The van der Waals surface area contributed by atoms with Crippen LogP contribution in [0.15, 0.2) is 4.99 Å². The predicted molar refractivity (Wildman–Crippen MR) is 118 cm³/mol. The molecule has 0 saturated heterocycles. The zero-order chi connectivity index (χ0) is 18.8. The Morgan fingerprint density at radius 3 is 2.42 bits per heavy atom. The van der Waals surface area contributed by atoms with E-state index in [2.05, 4.69) is 55.3 Å². The number of methoxy groups -OCH3 is 1. The summed E-state index contributed by atoms with van der Waals surface area (Å²) in [7, 11) is 5.64. The molecule has 0 aliphatic heterocycles. The van der Waals surface area contributed by atoms with E-state index in [1.54, 1.807) is 7.11 Å². The van der Waals surface area contributed by atoms with Gasteiger partial charge in [-0.15, -0.1) is 24.0 Å². The molecule has 2 atom stereocenters. The van der Waals surface area contributed by atoms with Crippen LogP contribution in [0.5, 0.6) is 0 Å². The molecule has 2 rings (SSSR count). The lowest BCUT2D eigenvalue weighted by Crippen LogP contribution is -2.69. The second-order valence-corrected chi connectivity index (χ2v) is 7.69. The van der Waals surface area contributed by atoms with Gasteiger partial charge in [0.25, 0.3) is 0 Å². The molecule has 1 aromatic rings. The Balaban J connectivity index is 0.00000338. The maximum atomic E-state index is 5.72. The van der Waals surface area contributed by atoms with Gasteiger partial charge in [-0.2, -0.15) is 5.10 Å². The largest absolute Gasteiger partial charge is 0.378 e. The summed E-state index contributed by atoms with van der Waals surface area (Å²) in [5.74, 6) is 0.837. The molecule has 2 N–H and O–H groups in total. The number of rotatable bonds is 6. The molecule has 1 aliphatic carbocycles. The third-order valence-corrected chi connectivity index (χ3v) is 6.27. The number of hydrogen-bond donors (Lipinski definition) is 2. The molecule has 6 nitrogen and oxygen atoms in total. The van der Waals surface area contributed by atoms with E-state index in [0.717, 1.165) is 31.8 Å². The topological polar surface area (TPSA) is 63.5 Å². The number of ether oxygens (including phenoxy) is 1. The lowest BCUT2D eigenvalue weighted by atomic mass is 9.56. The summed E-state index contributed by atoms with van der Waals surface area (Å²) in [5.41, 5.74) is 3.72. The van der Waals surface area contributed by atoms with Gasteiger partial charge in [-0.05, 0) is 26.2 Å². The molecule has 2 unspecified atom stereocenters. The van der Waals surface area contributed by atoms with Crippen molar-refractivity contribution in [3.8, 4) is 0 Å². The van der Waals surface area contributed by atoms with Crippen molar-refractivity contribution in [2.75, 3.05) is 14.2 Å². The third-order valence-electron chi connectivity index (χ3n) is 6.27. The number of halogens is 1. The molecule has 1 aliphatic rings. The summed E-state index contributed by atoms with van der Waals surface area (Å²) in [6.45, 7) is 11.7. The Hall–Kier alpha value is -0.830. The minimum absolute atomic E-state index is 0. The van der Waals surface area contributed by atoms with E-state index >= 15 is 0 Å². The first-order valence-electron chi connectivity index (χ1n) is 9.30. The van der Waals surface area contributed by atoms with Crippen molar-refractivity contribution in [1.82, 2.24) is 20.4 Å². The van der Waals surface area contributed by atoms with Crippen LogP contribution < -0.4 is 10.6 Å². The number of aliphatic imine (C=N–C) groups is 1. The number of hydrogen-bond acceptors (Lipinski definition) is 3. The number of aryl methyl sites for hydroxylation is 2. The summed E-state index contributed by atoms with van der Waals surface area (Å²) >= 11 is 0. The highest BCUT2D eigenvalue weighted by molar-refractivity contribution is 14.0. The molecule has 0 spiro atoms. The van der Waals surface area contributed by atoms with Crippen molar-refractivity contribution >= 4 is 29.9 Å². The average molecular weight is 477 g/mol. The lowest BCUT2D eigenvalue weighted by Gasteiger charge is -2.59. The molecule has 0 amide bonds. The number of nitrogens with zero attached hydrogens (tertiary/aromatic N) is 3. The van der Waals surface area contributed by atoms with E-state index < -0.39 is 0 Å². The van der Waals surface area contributed by atoms with Crippen molar-refractivity contribution in [2.24, 2.45) is 17.5 Å². The molecule has 0 radical (unpaired) electrons. The summed E-state index contributed by atoms with van der Waals surface area (Å²) < 4.78 is 7.72. The highest BCUT2D eigenvalue weighted by Gasteiger charge is 2.58. The van der Waals surface area contributed by atoms with Crippen LogP contribution in [0.25, 0.3) is 0 Å². The van der Waals surface area contributed by atoms with Crippen molar-refractivity contribution in [3.63, 3.8) is 0 Å². The second kappa shape index (κ2) is 8.91. The van der Waals surface area contributed by atoms with E-state index in [4.69, 9.17) is 4.74 Å². The van der Waals surface area contributed by atoms with Crippen molar-refractivity contribution < 1.29 is 4.74 Å². The van der Waals surface area contributed by atoms with Crippen LogP contribution in [-0.4, -0.2) is 41.5 Å². The Morgan fingerprint density at radius 2 is 1.96 bits per heavy atom. The first-order chi connectivity index (χ1) is 11.7. The first kappa shape index (κ1) is 23.2. The van der Waals surface area contributed by atoms with Gasteiger partial charge >= 0.3 is 0 Å². The first-order valence-corrected chi connectivity index (χ1v) is 9.30. The van der Waals surface area contributed by atoms with Gasteiger partial charge in [-0.1, -0.05) is 27.7 Å². The van der Waals surface area contributed by atoms with Gasteiger partial charge in [0.05, 0.1) is 11.3 Å². The molecular formula is C19H36IN5O. The van der Waals surface area contributed by atoms with Crippen LogP contribution in [0, 0.1) is 5.41 Å². The van der Waals surface area contributed by atoms with E-state index in [-0.39, 0.29) is 35.0 Å². The number of aromatic nitrogens is 2. The van der Waals surface area contributed by atoms with E-state index in [9.17, 15) is 0 Å². The van der Waals surface area contributed by atoms with Crippen molar-refractivity contribution in [1.29, 1.82) is 0 Å². The van der Waals surface area contributed by atoms with Gasteiger partial charge in [0, 0.05) is 50.5 Å². The second-order valence-electron chi connectivity index (χ2n) is 7.69. The zero-order valence-electron chi connectivity index (χ0n) is 17.6. The Morgan fingerprint density at radius 1 is 1.31 bits per heavy atom. The van der Waals surface area contributed by atoms with Crippen LogP contribution in [0.1, 0.15) is 58.0 Å².